The van der Waals surface area contributed by atoms with Crippen LogP contribution in [0.3, 0.4) is 0 Å². The third kappa shape index (κ3) is 3.42. The SMILES string of the molecule is CC(C(=O)Nc1ccc(N)cc1)S(=O)c1cccs1. The number of amides is 1. The predicted octanol–water partition coefficient (Wildman–Crippen LogP) is 2.47. The van der Waals surface area contributed by atoms with Crippen LogP contribution >= 0.6 is 11.3 Å². The molecule has 1 heterocycles. The van der Waals surface area contributed by atoms with Crippen molar-refractivity contribution in [2.45, 2.75) is 16.4 Å². The summed E-state index contributed by atoms with van der Waals surface area (Å²) in [6.45, 7) is 1.66. The molecule has 2 unspecified atom stereocenters. The van der Waals surface area contributed by atoms with Crippen molar-refractivity contribution >= 4 is 39.4 Å². The fraction of sp³-hybridized carbons (Fsp3) is 0.154. The minimum absolute atomic E-state index is 0.267. The van der Waals surface area contributed by atoms with Gasteiger partial charge in [-0.1, -0.05) is 6.07 Å². The van der Waals surface area contributed by atoms with E-state index >= 15 is 0 Å². The Kier molecular flexibility index (Phi) is 4.34. The van der Waals surface area contributed by atoms with Crippen LogP contribution in [0.25, 0.3) is 0 Å². The first-order valence-corrected chi connectivity index (χ1v) is 7.77. The number of nitrogen functional groups attached to an aromatic ring is 1. The van der Waals surface area contributed by atoms with Crippen LogP contribution in [0.5, 0.6) is 0 Å². The second-order valence-electron chi connectivity index (χ2n) is 3.98. The van der Waals surface area contributed by atoms with Crippen LogP contribution < -0.4 is 11.1 Å². The summed E-state index contributed by atoms with van der Waals surface area (Å²) in [5, 5.41) is 3.97. The Hall–Kier alpha value is -1.66. The first-order chi connectivity index (χ1) is 9.08. The number of hydrogen-bond donors (Lipinski definition) is 2. The zero-order valence-electron chi connectivity index (χ0n) is 10.3. The van der Waals surface area contributed by atoms with Crippen molar-refractivity contribution in [2.24, 2.45) is 0 Å². The molecule has 3 N–H and O–H groups in total. The van der Waals surface area contributed by atoms with E-state index in [0.717, 1.165) is 0 Å². The maximum absolute atomic E-state index is 12.1. The fourth-order valence-corrected chi connectivity index (χ4v) is 3.70. The quantitative estimate of drug-likeness (QED) is 0.851. The number of carbonyl (C=O) groups is 1. The van der Waals surface area contributed by atoms with E-state index in [9.17, 15) is 9.00 Å². The Balaban J connectivity index is 2.03. The molecule has 2 aromatic rings. The summed E-state index contributed by atoms with van der Waals surface area (Å²) in [6, 6.07) is 10.4. The minimum Gasteiger partial charge on any atom is -0.399 e. The second-order valence-corrected chi connectivity index (χ2v) is 6.93. The maximum atomic E-state index is 12.1. The van der Waals surface area contributed by atoms with E-state index in [0.29, 0.717) is 15.6 Å². The lowest BCUT2D eigenvalue weighted by Crippen LogP contribution is -2.28. The van der Waals surface area contributed by atoms with Crippen LogP contribution in [0, 0.1) is 0 Å². The molecule has 6 heteroatoms. The average Bonchev–Trinajstić information content (AvgIpc) is 2.93. The van der Waals surface area contributed by atoms with Gasteiger partial charge in [-0.3, -0.25) is 9.00 Å². The van der Waals surface area contributed by atoms with Crippen molar-refractivity contribution in [3.63, 3.8) is 0 Å². The van der Waals surface area contributed by atoms with Gasteiger partial charge in [-0.05, 0) is 42.6 Å². The van der Waals surface area contributed by atoms with Gasteiger partial charge in [0.25, 0.3) is 0 Å². The van der Waals surface area contributed by atoms with Gasteiger partial charge in [-0.15, -0.1) is 11.3 Å². The number of nitrogens with two attached hydrogens (primary N) is 1. The Morgan fingerprint density at radius 2 is 2.00 bits per heavy atom. The maximum Gasteiger partial charge on any atom is 0.240 e. The van der Waals surface area contributed by atoms with Crippen molar-refractivity contribution in [3.8, 4) is 0 Å². The summed E-state index contributed by atoms with van der Waals surface area (Å²) in [7, 11) is -1.32. The highest BCUT2D eigenvalue weighted by atomic mass is 32.2. The molecule has 0 saturated heterocycles. The molecule has 0 spiro atoms. The lowest BCUT2D eigenvalue weighted by Gasteiger charge is -2.11. The van der Waals surface area contributed by atoms with Crippen LogP contribution in [0.4, 0.5) is 11.4 Å². The molecule has 1 aromatic heterocycles. The van der Waals surface area contributed by atoms with E-state index in [-0.39, 0.29) is 5.91 Å². The zero-order chi connectivity index (χ0) is 13.8. The molecule has 1 amide bonds. The van der Waals surface area contributed by atoms with E-state index in [2.05, 4.69) is 5.32 Å². The summed E-state index contributed by atoms with van der Waals surface area (Å²) < 4.78 is 12.8. The number of thiophene rings is 1. The molecule has 1 aromatic carbocycles. The van der Waals surface area contributed by atoms with E-state index < -0.39 is 16.0 Å². The minimum atomic E-state index is -1.32. The molecular weight excluding hydrogens is 280 g/mol. The van der Waals surface area contributed by atoms with E-state index in [4.69, 9.17) is 5.73 Å². The standard InChI is InChI=1S/C13H14N2O2S2/c1-9(19(17)12-3-2-8-18-12)13(16)15-11-6-4-10(14)5-7-11/h2-9H,14H2,1H3,(H,15,16). The molecule has 4 nitrogen and oxygen atoms in total. The molecule has 0 aliphatic heterocycles. The van der Waals surface area contributed by atoms with Gasteiger partial charge in [0.1, 0.15) is 5.25 Å². The molecule has 0 aliphatic carbocycles. The highest BCUT2D eigenvalue weighted by Gasteiger charge is 2.22. The van der Waals surface area contributed by atoms with Gasteiger partial charge in [0.05, 0.1) is 15.0 Å². The second kappa shape index (κ2) is 5.99. The molecule has 0 fully saturated rings. The monoisotopic (exact) mass is 294 g/mol. The topological polar surface area (TPSA) is 72.2 Å². The highest BCUT2D eigenvalue weighted by Crippen LogP contribution is 2.18. The average molecular weight is 294 g/mol. The van der Waals surface area contributed by atoms with Gasteiger partial charge < -0.3 is 11.1 Å². The third-order valence-corrected chi connectivity index (χ3v) is 5.39. The normalized spacial score (nSPS) is 13.7. The van der Waals surface area contributed by atoms with E-state index in [1.54, 1.807) is 37.3 Å². The van der Waals surface area contributed by atoms with Gasteiger partial charge >= 0.3 is 0 Å². The summed E-state index contributed by atoms with van der Waals surface area (Å²) in [5.41, 5.74) is 6.85. The molecule has 2 atom stereocenters. The van der Waals surface area contributed by atoms with Crippen molar-refractivity contribution in [3.05, 3.63) is 41.8 Å². The number of rotatable bonds is 4. The van der Waals surface area contributed by atoms with Gasteiger partial charge in [0, 0.05) is 11.4 Å². The molecule has 0 aliphatic rings. The van der Waals surface area contributed by atoms with Crippen LogP contribution in [-0.2, 0) is 15.6 Å². The number of anilines is 2. The van der Waals surface area contributed by atoms with Crippen molar-refractivity contribution in [1.29, 1.82) is 0 Å². The Morgan fingerprint density at radius 3 is 2.58 bits per heavy atom. The first-order valence-electron chi connectivity index (χ1n) is 5.68. The molecule has 100 valence electrons. The lowest BCUT2D eigenvalue weighted by atomic mass is 10.3. The summed E-state index contributed by atoms with van der Waals surface area (Å²) in [6.07, 6.45) is 0. The van der Waals surface area contributed by atoms with Gasteiger partial charge in [-0.25, -0.2) is 0 Å². The molecule has 19 heavy (non-hydrogen) atoms. The predicted molar refractivity (Wildman–Crippen MR) is 79.7 cm³/mol. The zero-order valence-corrected chi connectivity index (χ0v) is 12.0. The van der Waals surface area contributed by atoms with Gasteiger partial charge in [0.15, 0.2) is 0 Å². The van der Waals surface area contributed by atoms with Crippen LogP contribution in [0.1, 0.15) is 6.92 Å². The fourth-order valence-electron chi connectivity index (χ4n) is 1.46. The third-order valence-electron chi connectivity index (χ3n) is 2.56. The molecular formula is C13H14N2O2S2. The van der Waals surface area contributed by atoms with Crippen LogP contribution in [0.2, 0.25) is 0 Å². The number of hydrogen-bond acceptors (Lipinski definition) is 4. The van der Waals surface area contributed by atoms with Crippen molar-refractivity contribution in [1.82, 2.24) is 0 Å². The van der Waals surface area contributed by atoms with Crippen molar-refractivity contribution < 1.29 is 9.00 Å². The van der Waals surface area contributed by atoms with Gasteiger partial charge in [0.2, 0.25) is 5.91 Å². The first kappa shape index (κ1) is 13.8. The highest BCUT2D eigenvalue weighted by molar-refractivity contribution is 7.88. The lowest BCUT2D eigenvalue weighted by molar-refractivity contribution is -0.115. The molecule has 0 saturated carbocycles. The van der Waals surface area contributed by atoms with E-state index in [1.165, 1.54) is 11.3 Å². The van der Waals surface area contributed by atoms with E-state index in [1.807, 2.05) is 11.4 Å². The number of benzene rings is 1. The number of carbonyl (C=O) groups excluding carboxylic acids is 1. The smallest absolute Gasteiger partial charge is 0.240 e. The number of nitrogens with one attached hydrogen (secondary N) is 1. The molecule has 0 radical (unpaired) electrons. The van der Waals surface area contributed by atoms with Gasteiger partial charge in [-0.2, -0.15) is 0 Å². The van der Waals surface area contributed by atoms with Crippen LogP contribution in [0.15, 0.2) is 46.0 Å². The van der Waals surface area contributed by atoms with Crippen molar-refractivity contribution in [2.75, 3.05) is 11.1 Å². The molecule has 0 bridgehead atoms. The Morgan fingerprint density at radius 1 is 1.32 bits per heavy atom. The summed E-state index contributed by atoms with van der Waals surface area (Å²) >= 11 is 1.39. The Labute approximate surface area is 118 Å². The largest absolute Gasteiger partial charge is 0.399 e. The summed E-state index contributed by atoms with van der Waals surface area (Å²) in [4.78, 5) is 12.0. The Bertz CT molecular complexity index is 579. The van der Waals surface area contributed by atoms with Crippen LogP contribution in [-0.4, -0.2) is 15.4 Å². The molecule has 2 rings (SSSR count). The summed E-state index contributed by atoms with van der Waals surface area (Å²) in [5.74, 6) is -0.267.